The van der Waals surface area contributed by atoms with Crippen molar-refractivity contribution in [3.05, 3.63) is 0 Å². The third-order valence-corrected chi connectivity index (χ3v) is 3.30. The summed E-state index contributed by atoms with van der Waals surface area (Å²) in [7, 11) is 0. The van der Waals surface area contributed by atoms with Crippen molar-refractivity contribution < 1.29 is 0 Å². The van der Waals surface area contributed by atoms with Crippen molar-refractivity contribution in [3.63, 3.8) is 0 Å². The van der Waals surface area contributed by atoms with Gasteiger partial charge in [0.15, 0.2) is 0 Å². The molecule has 1 fully saturated rings. The minimum Gasteiger partial charge on any atom is -0.288 e. The van der Waals surface area contributed by atoms with Crippen LogP contribution in [0.2, 0.25) is 0 Å². The fourth-order valence-electron chi connectivity index (χ4n) is 2.06. The van der Waals surface area contributed by atoms with E-state index in [1.807, 2.05) is 0 Å². The first-order valence-electron chi connectivity index (χ1n) is 5.94. The highest BCUT2D eigenvalue weighted by Gasteiger charge is 2.16. The Morgan fingerprint density at radius 2 is 1.80 bits per heavy atom. The number of hydrogen-bond donors (Lipinski definition) is 0. The van der Waals surface area contributed by atoms with Crippen molar-refractivity contribution in [2.24, 2.45) is 10.9 Å². The van der Waals surface area contributed by atoms with Crippen LogP contribution >= 0.6 is 23.2 Å². The van der Waals surface area contributed by atoms with Gasteiger partial charge < -0.3 is 0 Å². The minimum absolute atomic E-state index is 0.422. The van der Waals surface area contributed by atoms with Gasteiger partial charge in [0.1, 0.15) is 4.84 Å². The van der Waals surface area contributed by atoms with Crippen LogP contribution in [0.1, 0.15) is 52.4 Å². The molecule has 0 bridgehead atoms. The molecule has 0 radical (unpaired) electrons. The van der Waals surface area contributed by atoms with E-state index in [1.54, 1.807) is 0 Å². The average molecular weight is 250 g/mol. The van der Waals surface area contributed by atoms with Crippen molar-refractivity contribution in [3.8, 4) is 0 Å². The van der Waals surface area contributed by atoms with Crippen LogP contribution in [0.3, 0.4) is 0 Å². The number of hydrogen-bond acceptors (Lipinski definition) is 1. The molecule has 0 N–H and O–H groups in total. The van der Waals surface area contributed by atoms with Gasteiger partial charge in [-0.1, -0.05) is 56.3 Å². The summed E-state index contributed by atoms with van der Waals surface area (Å²) in [6.07, 6.45) is 7.31. The fraction of sp³-hybridized carbons (Fsp3) is 0.917. The molecule has 0 aromatic rings. The lowest BCUT2D eigenvalue weighted by Gasteiger charge is -2.20. The Morgan fingerprint density at radius 3 is 2.27 bits per heavy atom. The van der Waals surface area contributed by atoms with Crippen LogP contribution in [0.25, 0.3) is 0 Å². The van der Waals surface area contributed by atoms with Gasteiger partial charge in [0.25, 0.3) is 0 Å². The smallest absolute Gasteiger partial charge is 0.145 e. The molecular formula is C12H21Cl2N. The van der Waals surface area contributed by atoms with Gasteiger partial charge in [-0.2, -0.15) is 0 Å². The van der Waals surface area contributed by atoms with E-state index in [4.69, 9.17) is 28.2 Å². The van der Waals surface area contributed by atoms with Gasteiger partial charge in [-0.05, 0) is 25.2 Å². The highest BCUT2D eigenvalue weighted by atomic mass is 35.5. The quantitative estimate of drug-likeness (QED) is 0.510. The van der Waals surface area contributed by atoms with Gasteiger partial charge in [-0.3, -0.25) is 4.99 Å². The van der Waals surface area contributed by atoms with Crippen LogP contribution in [-0.4, -0.2) is 16.6 Å². The first-order valence-corrected chi connectivity index (χ1v) is 6.81. The van der Waals surface area contributed by atoms with Crippen LogP contribution in [0.15, 0.2) is 4.99 Å². The maximum Gasteiger partial charge on any atom is 0.145 e. The number of halogens is 2. The normalized spacial score (nSPS) is 20.3. The largest absolute Gasteiger partial charge is 0.288 e. The Bertz CT molecular complexity index is 206. The molecule has 1 rings (SSSR count). The second-order valence-corrected chi connectivity index (χ2v) is 5.91. The summed E-state index contributed by atoms with van der Waals surface area (Å²) in [6.45, 7) is 4.35. The maximum absolute atomic E-state index is 5.94. The summed E-state index contributed by atoms with van der Waals surface area (Å²) in [5, 5.41) is 0. The molecule has 1 aliphatic carbocycles. The molecule has 0 saturated heterocycles. The molecule has 0 atom stereocenters. The zero-order chi connectivity index (χ0) is 11.3. The summed E-state index contributed by atoms with van der Waals surface area (Å²) < 4.78 is 0. The summed E-state index contributed by atoms with van der Waals surface area (Å²) >= 11 is 11.9. The summed E-state index contributed by atoms with van der Waals surface area (Å²) in [4.78, 5) is 4.31. The van der Waals surface area contributed by atoms with Gasteiger partial charge >= 0.3 is 0 Å². The Morgan fingerprint density at radius 1 is 1.20 bits per heavy atom. The first kappa shape index (κ1) is 13.3. The standard InChI is InChI=1S/C12H21Cl2N/c1-9(2)8-11(12(13)14)15-10-6-4-3-5-7-10/h9-10,12H,3-8H2,1-2H3. The summed E-state index contributed by atoms with van der Waals surface area (Å²) in [5.74, 6) is 0.576. The van der Waals surface area contributed by atoms with E-state index in [1.165, 1.54) is 32.1 Å². The van der Waals surface area contributed by atoms with Crippen LogP contribution in [0.4, 0.5) is 0 Å². The third kappa shape index (κ3) is 5.21. The lowest BCUT2D eigenvalue weighted by atomic mass is 9.95. The van der Waals surface area contributed by atoms with Gasteiger partial charge in [0.05, 0.1) is 0 Å². The highest BCUT2D eigenvalue weighted by Crippen LogP contribution is 2.23. The molecule has 0 aromatic carbocycles. The molecule has 0 heterocycles. The second-order valence-electron chi connectivity index (χ2n) is 4.81. The van der Waals surface area contributed by atoms with Crippen LogP contribution < -0.4 is 0 Å². The Kier molecular flexibility index (Phi) is 5.99. The zero-order valence-corrected chi connectivity index (χ0v) is 11.2. The number of nitrogens with zero attached hydrogens (tertiary/aromatic N) is 1. The van der Waals surface area contributed by atoms with E-state index < -0.39 is 4.84 Å². The molecule has 0 spiro atoms. The highest BCUT2D eigenvalue weighted by molar-refractivity contribution is 6.54. The molecule has 1 aliphatic rings. The van der Waals surface area contributed by atoms with Gasteiger partial charge in [-0.15, -0.1) is 0 Å². The Hall–Kier alpha value is 0.250. The van der Waals surface area contributed by atoms with Crippen LogP contribution in [-0.2, 0) is 0 Å². The lowest BCUT2D eigenvalue weighted by molar-refractivity contribution is 0.442. The van der Waals surface area contributed by atoms with Gasteiger partial charge in [-0.25, -0.2) is 0 Å². The topological polar surface area (TPSA) is 12.4 Å². The van der Waals surface area contributed by atoms with E-state index in [0.29, 0.717) is 12.0 Å². The van der Waals surface area contributed by atoms with Crippen molar-refractivity contribution in [2.75, 3.05) is 0 Å². The van der Waals surface area contributed by atoms with Crippen molar-refractivity contribution in [1.29, 1.82) is 0 Å². The number of rotatable bonds is 4. The molecule has 15 heavy (non-hydrogen) atoms. The van der Waals surface area contributed by atoms with E-state index in [-0.39, 0.29) is 0 Å². The number of alkyl halides is 2. The first-order chi connectivity index (χ1) is 7.09. The van der Waals surface area contributed by atoms with Gasteiger partial charge in [0, 0.05) is 11.8 Å². The van der Waals surface area contributed by atoms with Crippen molar-refractivity contribution >= 4 is 28.9 Å². The second kappa shape index (κ2) is 6.75. The molecule has 0 unspecified atom stereocenters. The summed E-state index contributed by atoms with van der Waals surface area (Å²) in [5.41, 5.74) is 0.986. The molecule has 0 aromatic heterocycles. The molecule has 0 amide bonds. The SMILES string of the molecule is CC(C)CC(=NC1CCCCC1)C(Cl)Cl. The van der Waals surface area contributed by atoms with Crippen molar-refractivity contribution in [1.82, 2.24) is 0 Å². The monoisotopic (exact) mass is 249 g/mol. The molecule has 0 aliphatic heterocycles. The minimum atomic E-state index is -0.422. The van der Waals surface area contributed by atoms with E-state index >= 15 is 0 Å². The van der Waals surface area contributed by atoms with E-state index in [2.05, 4.69) is 13.8 Å². The lowest BCUT2D eigenvalue weighted by Crippen LogP contribution is -2.18. The molecule has 88 valence electrons. The number of aliphatic imine (C=N–C) groups is 1. The average Bonchev–Trinajstić information content (AvgIpc) is 2.17. The third-order valence-electron chi connectivity index (χ3n) is 2.79. The zero-order valence-electron chi connectivity index (χ0n) is 9.68. The molecule has 3 heteroatoms. The van der Waals surface area contributed by atoms with Gasteiger partial charge in [0.2, 0.25) is 0 Å². The van der Waals surface area contributed by atoms with Crippen LogP contribution in [0.5, 0.6) is 0 Å². The van der Waals surface area contributed by atoms with E-state index in [9.17, 15) is 0 Å². The van der Waals surface area contributed by atoms with E-state index in [0.717, 1.165) is 12.1 Å². The fourth-order valence-corrected chi connectivity index (χ4v) is 2.35. The predicted octanol–water partition coefficient (Wildman–Crippen LogP) is 4.61. The molecule has 1 saturated carbocycles. The van der Waals surface area contributed by atoms with Crippen molar-refractivity contribution in [2.45, 2.75) is 63.3 Å². The Balaban J connectivity index is 2.56. The molecule has 1 nitrogen and oxygen atoms in total. The molecular weight excluding hydrogens is 229 g/mol. The summed E-state index contributed by atoms with van der Waals surface area (Å²) in [6, 6.07) is 0.479. The maximum atomic E-state index is 5.94. The van der Waals surface area contributed by atoms with Crippen LogP contribution in [0, 0.1) is 5.92 Å². The Labute approximate surface area is 103 Å². The predicted molar refractivity (Wildman–Crippen MR) is 69.3 cm³/mol.